The van der Waals surface area contributed by atoms with E-state index in [0.29, 0.717) is 21.5 Å². The van der Waals surface area contributed by atoms with Crippen molar-refractivity contribution < 1.29 is 14.3 Å². The Labute approximate surface area is 169 Å². The van der Waals surface area contributed by atoms with E-state index in [1.54, 1.807) is 36.9 Å². The summed E-state index contributed by atoms with van der Waals surface area (Å²) >= 11 is 3.21. The molecule has 4 rings (SSSR count). The van der Waals surface area contributed by atoms with E-state index in [0.717, 1.165) is 28.4 Å². The Balaban J connectivity index is 1.76. The third kappa shape index (κ3) is 3.45. The van der Waals surface area contributed by atoms with Crippen LogP contribution >= 0.6 is 23.1 Å². The molecule has 0 fully saturated rings. The van der Waals surface area contributed by atoms with Crippen molar-refractivity contribution >= 4 is 50.9 Å². The molecule has 2 N–H and O–H groups in total. The molecule has 3 aromatic rings. The van der Waals surface area contributed by atoms with Gasteiger partial charge in [-0.15, -0.1) is 11.3 Å². The molecule has 0 saturated heterocycles. The number of thioether (sulfide) groups is 1. The van der Waals surface area contributed by atoms with E-state index < -0.39 is 11.9 Å². The van der Waals surface area contributed by atoms with Gasteiger partial charge in [0.25, 0.3) is 5.91 Å². The summed E-state index contributed by atoms with van der Waals surface area (Å²) in [5.41, 5.74) is 1.93. The standard InChI is InChI=1S/C20H18N2O4S2/c1-2-26-20(25)17-12-7-8-27-10-15(12)28-19(17)22-18(24)13-9-16(23)21-14-6-4-3-5-11(13)14/h3-6,9H,2,7-8,10H2,1H3,(H,21,23)(H,22,24). The monoisotopic (exact) mass is 414 g/mol. The number of para-hydroxylation sites is 1. The minimum absolute atomic E-state index is 0.268. The smallest absolute Gasteiger partial charge is 0.341 e. The molecule has 0 aliphatic carbocycles. The van der Waals surface area contributed by atoms with Crippen LogP contribution in [0.15, 0.2) is 35.1 Å². The Bertz CT molecular complexity index is 1130. The van der Waals surface area contributed by atoms with Gasteiger partial charge in [-0.3, -0.25) is 9.59 Å². The second-order valence-electron chi connectivity index (χ2n) is 6.28. The van der Waals surface area contributed by atoms with Crippen LogP contribution in [0.3, 0.4) is 0 Å². The molecule has 2 aromatic heterocycles. The van der Waals surface area contributed by atoms with Crippen molar-refractivity contribution in [2.24, 2.45) is 0 Å². The summed E-state index contributed by atoms with van der Waals surface area (Å²) < 4.78 is 5.22. The van der Waals surface area contributed by atoms with Gasteiger partial charge in [-0.2, -0.15) is 11.8 Å². The zero-order chi connectivity index (χ0) is 19.7. The molecule has 6 nitrogen and oxygen atoms in total. The molecule has 0 spiro atoms. The molecule has 28 heavy (non-hydrogen) atoms. The average molecular weight is 415 g/mol. The van der Waals surface area contributed by atoms with Gasteiger partial charge in [-0.25, -0.2) is 4.79 Å². The number of hydrogen-bond donors (Lipinski definition) is 2. The van der Waals surface area contributed by atoms with Crippen LogP contribution in [0.25, 0.3) is 10.9 Å². The van der Waals surface area contributed by atoms with Gasteiger partial charge >= 0.3 is 5.97 Å². The zero-order valence-electron chi connectivity index (χ0n) is 15.2. The minimum atomic E-state index is -0.419. The first-order valence-electron chi connectivity index (χ1n) is 8.91. The van der Waals surface area contributed by atoms with E-state index in [-0.39, 0.29) is 17.7 Å². The molecule has 0 unspecified atom stereocenters. The number of carbonyl (C=O) groups is 2. The number of ether oxygens (including phenoxy) is 1. The number of anilines is 1. The SMILES string of the molecule is CCOC(=O)c1c(NC(=O)c2cc(=O)[nH]c3ccccc23)sc2c1CCSC2. The number of amides is 1. The van der Waals surface area contributed by atoms with Crippen molar-refractivity contribution in [2.45, 2.75) is 19.1 Å². The lowest BCUT2D eigenvalue weighted by Gasteiger charge is -2.12. The molecule has 144 valence electrons. The summed E-state index contributed by atoms with van der Waals surface area (Å²) in [6.07, 6.45) is 0.772. The topological polar surface area (TPSA) is 88.3 Å². The Morgan fingerprint density at radius 1 is 1.29 bits per heavy atom. The normalized spacial score (nSPS) is 13.2. The van der Waals surface area contributed by atoms with Crippen molar-refractivity contribution in [3.63, 3.8) is 0 Å². The molecule has 8 heteroatoms. The summed E-state index contributed by atoms with van der Waals surface area (Å²) in [7, 11) is 0. The third-order valence-electron chi connectivity index (χ3n) is 4.52. The van der Waals surface area contributed by atoms with Crippen LogP contribution in [-0.4, -0.2) is 29.2 Å². The maximum atomic E-state index is 13.0. The Kier molecular flexibility index (Phi) is 5.23. The summed E-state index contributed by atoms with van der Waals surface area (Å²) in [5, 5.41) is 3.99. The van der Waals surface area contributed by atoms with Crippen molar-refractivity contribution in [3.05, 3.63) is 62.3 Å². The lowest BCUT2D eigenvalue weighted by atomic mass is 10.1. The number of esters is 1. The van der Waals surface area contributed by atoms with E-state index in [9.17, 15) is 14.4 Å². The number of carbonyl (C=O) groups excluding carboxylic acids is 2. The van der Waals surface area contributed by atoms with Crippen molar-refractivity contribution in [1.82, 2.24) is 4.98 Å². The molecule has 1 amide bonds. The Hall–Kier alpha value is -2.58. The number of aromatic nitrogens is 1. The Morgan fingerprint density at radius 3 is 2.93 bits per heavy atom. The Morgan fingerprint density at radius 2 is 2.11 bits per heavy atom. The van der Waals surface area contributed by atoms with Gasteiger partial charge in [-0.1, -0.05) is 18.2 Å². The average Bonchev–Trinajstić information content (AvgIpc) is 3.05. The maximum absolute atomic E-state index is 13.0. The van der Waals surface area contributed by atoms with Crippen LogP contribution in [0.2, 0.25) is 0 Å². The summed E-state index contributed by atoms with van der Waals surface area (Å²) in [6, 6.07) is 8.42. The van der Waals surface area contributed by atoms with E-state index in [1.165, 1.54) is 17.4 Å². The first-order chi connectivity index (χ1) is 13.6. The number of rotatable bonds is 4. The third-order valence-corrected chi connectivity index (χ3v) is 6.84. The zero-order valence-corrected chi connectivity index (χ0v) is 16.8. The molecule has 0 saturated carbocycles. The second-order valence-corrected chi connectivity index (χ2v) is 8.49. The number of fused-ring (bicyclic) bond motifs is 2. The number of aromatic amines is 1. The van der Waals surface area contributed by atoms with Gasteiger partial charge in [0, 0.05) is 27.6 Å². The molecular weight excluding hydrogens is 396 g/mol. The lowest BCUT2D eigenvalue weighted by Crippen LogP contribution is -2.18. The van der Waals surface area contributed by atoms with Gasteiger partial charge in [-0.05, 0) is 30.7 Å². The first-order valence-corrected chi connectivity index (χ1v) is 10.9. The van der Waals surface area contributed by atoms with Crippen LogP contribution < -0.4 is 10.9 Å². The predicted octanol–water partition coefficient (Wildman–Crippen LogP) is 3.81. The molecular formula is C20H18N2O4S2. The highest BCUT2D eigenvalue weighted by Gasteiger charge is 2.28. The highest BCUT2D eigenvalue weighted by molar-refractivity contribution is 7.98. The lowest BCUT2D eigenvalue weighted by molar-refractivity contribution is 0.0527. The van der Waals surface area contributed by atoms with Gasteiger partial charge in [0.2, 0.25) is 5.56 Å². The number of H-pyrrole nitrogens is 1. The van der Waals surface area contributed by atoms with Crippen LogP contribution in [0.4, 0.5) is 5.00 Å². The van der Waals surface area contributed by atoms with Crippen LogP contribution in [0, 0.1) is 0 Å². The van der Waals surface area contributed by atoms with Crippen molar-refractivity contribution in [1.29, 1.82) is 0 Å². The number of benzene rings is 1. The molecule has 1 aliphatic rings. The highest BCUT2D eigenvalue weighted by atomic mass is 32.2. The van der Waals surface area contributed by atoms with Gasteiger partial charge < -0.3 is 15.0 Å². The van der Waals surface area contributed by atoms with E-state index in [2.05, 4.69) is 10.3 Å². The fourth-order valence-corrected chi connectivity index (χ4v) is 5.67. The largest absolute Gasteiger partial charge is 0.462 e. The fraction of sp³-hybridized carbons (Fsp3) is 0.250. The van der Waals surface area contributed by atoms with Crippen LogP contribution in [-0.2, 0) is 16.9 Å². The van der Waals surface area contributed by atoms with Gasteiger partial charge in [0.05, 0.1) is 17.7 Å². The summed E-state index contributed by atoms with van der Waals surface area (Å²) in [4.78, 5) is 41.3. The van der Waals surface area contributed by atoms with E-state index in [4.69, 9.17) is 4.74 Å². The maximum Gasteiger partial charge on any atom is 0.341 e. The number of thiophene rings is 1. The molecule has 0 atom stereocenters. The predicted molar refractivity (Wildman–Crippen MR) is 113 cm³/mol. The van der Waals surface area contributed by atoms with Crippen LogP contribution in [0.5, 0.6) is 0 Å². The summed E-state index contributed by atoms with van der Waals surface area (Å²) in [6.45, 7) is 2.03. The number of pyridine rings is 1. The minimum Gasteiger partial charge on any atom is -0.462 e. The molecule has 0 radical (unpaired) electrons. The van der Waals surface area contributed by atoms with E-state index in [1.807, 2.05) is 6.07 Å². The second kappa shape index (κ2) is 7.81. The number of nitrogens with one attached hydrogen (secondary N) is 2. The van der Waals surface area contributed by atoms with Gasteiger partial charge in [0.15, 0.2) is 0 Å². The molecule has 0 bridgehead atoms. The van der Waals surface area contributed by atoms with E-state index >= 15 is 0 Å². The summed E-state index contributed by atoms with van der Waals surface area (Å²) in [5.74, 6) is 0.912. The number of hydrogen-bond acceptors (Lipinski definition) is 6. The first kappa shape index (κ1) is 18.8. The molecule has 1 aliphatic heterocycles. The van der Waals surface area contributed by atoms with Gasteiger partial charge in [0.1, 0.15) is 5.00 Å². The van der Waals surface area contributed by atoms with Crippen molar-refractivity contribution in [2.75, 3.05) is 17.7 Å². The van der Waals surface area contributed by atoms with Crippen molar-refractivity contribution in [3.8, 4) is 0 Å². The van der Waals surface area contributed by atoms with Crippen LogP contribution in [0.1, 0.15) is 38.1 Å². The fourth-order valence-electron chi connectivity index (χ4n) is 3.30. The quantitative estimate of drug-likeness (QED) is 0.634. The molecule has 1 aromatic carbocycles. The highest BCUT2D eigenvalue weighted by Crippen LogP contribution is 2.40. The molecule has 3 heterocycles.